The van der Waals surface area contributed by atoms with E-state index in [1.807, 2.05) is 66.1 Å². The van der Waals surface area contributed by atoms with Crippen LogP contribution in [0.4, 0.5) is 0 Å². The van der Waals surface area contributed by atoms with Crippen molar-refractivity contribution in [2.24, 2.45) is 0 Å². The SMILES string of the molecule is Cc1ccccc1-n1c(S[C@@H](C)C(=O)c2c[nH]c3ccccc23)nnc1-c1cccnc1. The molecule has 1 N–H and O–H groups in total. The molecule has 0 aliphatic heterocycles. The highest BCUT2D eigenvalue weighted by Gasteiger charge is 2.24. The van der Waals surface area contributed by atoms with Crippen LogP contribution in [0.1, 0.15) is 22.8 Å². The number of pyridine rings is 1. The maximum atomic E-state index is 13.3. The number of aromatic nitrogens is 5. The zero-order chi connectivity index (χ0) is 22.1. The number of para-hydroxylation sites is 2. The smallest absolute Gasteiger partial charge is 0.196 e. The highest BCUT2D eigenvalue weighted by molar-refractivity contribution is 8.00. The van der Waals surface area contributed by atoms with Gasteiger partial charge >= 0.3 is 0 Å². The molecule has 0 unspecified atom stereocenters. The highest BCUT2D eigenvalue weighted by atomic mass is 32.2. The number of aryl methyl sites for hydroxylation is 1. The van der Waals surface area contributed by atoms with Crippen molar-refractivity contribution in [3.63, 3.8) is 0 Å². The Morgan fingerprint density at radius 3 is 2.66 bits per heavy atom. The van der Waals surface area contributed by atoms with Crippen LogP contribution in [0.3, 0.4) is 0 Å². The van der Waals surface area contributed by atoms with Gasteiger partial charge in [0.05, 0.1) is 10.9 Å². The van der Waals surface area contributed by atoms with Crippen molar-refractivity contribution >= 4 is 28.4 Å². The van der Waals surface area contributed by atoms with Crippen LogP contribution in [-0.2, 0) is 0 Å². The van der Waals surface area contributed by atoms with Crippen LogP contribution in [0, 0.1) is 6.92 Å². The zero-order valence-corrected chi connectivity index (χ0v) is 18.5. The fourth-order valence-electron chi connectivity index (χ4n) is 3.77. The van der Waals surface area contributed by atoms with Crippen LogP contribution in [0.25, 0.3) is 28.0 Å². The molecule has 0 aliphatic rings. The lowest BCUT2D eigenvalue weighted by Crippen LogP contribution is -2.14. The third-order valence-electron chi connectivity index (χ3n) is 5.42. The minimum atomic E-state index is -0.345. The van der Waals surface area contributed by atoms with E-state index in [-0.39, 0.29) is 11.0 Å². The minimum absolute atomic E-state index is 0.0507. The number of H-pyrrole nitrogens is 1. The summed E-state index contributed by atoms with van der Waals surface area (Å²) in [7, 11) is 0. The van der Waals surface area contributed by atoms with Gasteiger partial charge in [-0.25, -0.2) is 0 Å². The van der Waals surface area contributed by atoms with Gasteiger partial charge in [-0.3, -0.25) is 14.3 Å². The number of carbonyl (C=O) groups is 1. The summed E-state index contributed by atoms with van der Waals surface area (Å²) in [5, 5.41) is 10.2. The number of ketones is 1. The summed E-state index contributed by atoms with van der Waals surface area (Å²) in [6, 6.07) is 19.8. The first-order valence-corrected chi connectivity index (χ1v) is 11.2. The molecule has 5 aromatic rings. The topological polar surface area (TPSA) is 76.5 Å². The van der Waals surface area contributed by atoms with Crippen molar-refractivity contribution in [3.8, 4) is 17.1 Å². The number of fused-ring (bicyclic) bond motifs is 1. The van der Waals surface area contributed by atoms with Gasteiger partial charge in [0.1, 0.15) is 0 Å². The predicted molar refractivity (Wildman–Crippen MR) is 127 cm³/mol. The van der Waals surface area contributed by atoms with Crippen LogP contribution < -0.4 is 0 Å². The molecule has 5 rings (SSSR count). The Labute approximate surface area is 189 Å². The molecule has 0 amide bonds. The first-order valence-electron chi connectivity index (χ1n) is 10.3. The molecule has 0 bridgehead atoms. The van der Waals surface area contributed by atoms with E-state index < -0.39 is 0 Å². The second-order valence-corrected chi connectivity index (χ2v) is 8.85. The summed E-state index contributed by atoms with van der Waals surface area (Å²) in [5.74, 6) is 0.747. The number of Topliss-reactive ketones (excluding diaryl/α,β-unsaturated/α-hetero) is 1. The van der Waals surface area contributed by atoms with Gasteiger partial charge in [-0.2, -0.15) is 0 Å². The van der Waals surface area contributed by atoms with Gasteiger partial charge in [0.2, 0.25) is 0 Å². The molecular weight excluding hydrogens is 418 g/mol. The summed E-state index contributed by atoms with van der Waals surface area (Å²) in [6.07, 6.45) is 5.29. The summed E-state index contributed by atoms with van der Waals surface area (Å²) in [6.45, 7) is 3.96. The Morgan fingerprint density at radius 1 is 1.03 bits per heavy atom. The van der Waals surface area contributed by atoms with Gasteiger partial charge < -0.3 is 4.98 Å². The molecule has 0 saturated heterocycles. The van der Waals surface area contributed by atoms with Crippen LogP contribution >= 0.6 is 11.8 Å². The number of hydrogen-bond acceptors (Lipinski definition) is 5. The van der Waals surface area contributed by atoms with Gasteiger partial charge in [-0.15, -0.1) is 10.2 Å². The standard InChI is InChI=1S/C25H21N5OS/c1-16-8-3-6-12-22(16)30-24(18-9-7-13-26-14-18)28-29-25(30)32-17(2)23(31)20-15-27-21-11-5-4-10-19(20)21/h3-15,17,27H,1-2H3/t17-/m0/s1. The third-order valence-corrected chi connectivity index (χ3v) is 6.46. The van der Waals surface area contributed by atoms with E-state index in [0.717, 1.165) is 27.7 Å². The summed E-state index contributed by atoms with van der Waals surface area (Å²) >= 11 is 1.41. The molecular formula is C25H21N5OS. The molecule has 0 radical (unpaired) electrons. The quantitative estimate of drug-likeness (QED) is 0.280. The number of benzene rings is 2. The number of hydrogen-bond donors (Lipinski definition) is 1. The van der Waals surface area contributed by atoms with E-state index in [9.17, 15) is 4.79 Å². The fourth-order valence-corrected chi connectivity index (χ4v) is 4.69. The first-order chi connectivity index (χ1) is 15.6. The second kappa shape index (κ2) is 8.43. The number of nitrogens with one attached hydrogen (secondary N) is 1. The van der Waals surface area contributed by atoms with Crippen molar-refractivity contribution in [2.45, 2.75) is 24.3 Å². The molecule has 7 heteroatoms. The number of rotatable bonds is 6. The molecule has 3 heterocycles. The monoisotopic (exact) mass is 439 g/mol. The van der Waals surface area contributed by atoms with Crippen LogP contribution in [0.5, 0.6) is 0 Å². The Kier molecular flexibility index (Phi) is 5.33. The molecule has 2 aromatic carbocycles. The Balaban J connectivity index is 1.54. The first kappa shape index (κ1) is 20.2. The van der Waals surface area contributed by atoms with Crippen molar-refractivity contribution in [1.29, 1.82) is 0 Å². The third kappa shape index (κ3) is 3.61. The average Bonchev–Trinajstić information content (AvgIpc) is 3.44. The Bertz CT molecular complexity index is 1410. The maximum absolute atomic E-state index is 13.3. The van der Waals surface area contributed by atoms with Crippen LogP contribution in [0.2, 0.25) is 0 Å². The van der Waals surface area contributed by atoms with E-state index in [4.69, 9.17) is 0 Å². The van der Waals surface area contributed by atoms with E-state index in [1.165, 1.54) is 11.8 Å². The van der Waals surface area contributed by atoms with Gasteiger partial charge in [-0.1, -0.05) is 48.2 Å². The number of aromatic amines is 1. The number of thioether (sulfide) groups is 1. The lowest BCUT2D eigenvalue weighted by atomic mass is 10.1. The van der Waals surface area contributed by atoms with E-state index in [1.54, 1.807) is 18.6 Å². The van der Waals surface area contributed by atoms with Gasteiger partial charge in [0.25, 0.3) is 0 Å². The van der Waals surface area contributed by atoms with Crippen LogP contribution in [0.15, 0.2) is 84.4 Å². The molecule has 3 aromatic heterocycles. The average molecular weight is 440 g/mol. The fraction of sp³-hybridized carbons (Fsp3) is 0.120. The van der Waals surface area contributed by atoms with Gasteiger partial charge in [-0.05, 0) is 43.7 Å². The molecule has 0 saturated carbocycles. The molecule has 6 nitrogen and oxygen atoms in total. The molecule has 0 spiro atoms. The van der Waals surface area contributed by atoms with Crippen molar-refractivity contribution in [2.75, 3.05) is 0 Å². The molecule has 0 aliphatic carbocycles. The van der Waals surface area contributed by atoms with E-state index in [2.05, 4.69) is 33.2 Å². The van der Waals surface area contributed by atoms with Crippen molar-refractivity contribution in [1.82, 2.24) is 24.7 Å². The molecule has 32 heavy (non-hydrogen) atoms. The summed E-state index contributed by atoms with van der Waals surface area (Å²) in [5.41, 5.74) is 4.58. The highest BCUT2D eigenvalue weighted by Crippen LogP contribution is 2.33. The number of carbonyl (C=O) groups excluding carboxylic acids is 1. The molecule has 0 fully saturated rings. The Hall–Kier alpha value is -3.71. The van der Waals surface area contributed by atoms with Crippen molar-refractivity contribution in [3.05, 3.63) is 90.4 Å². The summed E-state index contributed by atoms with van der Waals surface area (Å²) < 4.78 is 2.01. The largest absolute Gasteiger partial charge is 0.360 e. The van der Waals surface area contributed by atoms with Crippen molar-refractivity contribution < 1.29 is 4.79 Å². The van der Waals surface area contributed by atoms with Gasteiger partial charge in [0, 0.05) is 40.6 Å². The lowest BCUT2D eigenvalue weighted by Gasteiger charge is -2.14. The lowest BCUT2D eigenvalue weighted by molar-refractivity contribution is 0.0995. The Morgan fingerprint density at radius 2 is 1.84 bits per heavy atom. The minimum Gasteiger partial charge on any atom is -0.360 e. The second-order valence-electron chi connectivity index (χ2n) is 7.54. The normalized spacial score (nSPS) is 12.2. The van der Waals surface area contributed by atoms with Gasteiger partial charge in [0.15, 0.2) is 16.8 Å². The maximum Gasteiger partial charge on any atom is 0.196 e. The van der Waals surface area contributed by atoms with E-state index in [0.29, 0.717) is 16.5 Å². The van der Waals surface area contributed by atoms with Crippen LogP contribution in [-0.4, -0.2) is 35.8 Å². The predicted octanol–water partition coefficient (Wildman–Crippen LogP) is 5.48. The number of nitrogens with zero attached hydrogens (tertiary/aromatic N) is 4. The van der Waals surface area contributed by atoms with E-state index >= 15 is 0 Å². The zero-order valence-electron chi connectivity index (χ0n) is 17.7. The summed E-state index contributed by atoms with van der Waals surface area (Å²) in [4.78, 5) is 20.7. The molecule has 1 atom stereocenters. The molecule has 158 valence electrons.